The summed E-state index contributed by atoms with van der Waals surface area (Å²) in [5, 5.41) is 4.40. The van der Waals surface area contributed by atoms with E-state index >= 15 is 0 Å². The van der Waals surface area contributed by atoms with Crippen molar-refractivity contribution >= 4 is 11.6 Å². The molecule has 3 aromatic rings. The molecule has 0 saturated heterocycles. The molecule has 0 unspecified atom stereocenters. The highest BCUT2D eigenvalue weighted by atomic mass is 19.1. The van der Waals surface area contributed by atoms with Crippen LogP contribution in [0.25, 0.3) is 16.9 Å². The van der Waals surface area contributed by atoms with Gasteiger partial charge in [0.05, 0.1) is 18.5 Å². The van der Waals surface area contributed by atoms with Crippen LogP contribution in [0.5, 0.6) is 0 Å². The second-order valence-corrected chi connectivity index (χ2v) is 4.82. The van der Waals surface area contributed by atoms with E-state index in [1.807, 2.05) is 13.0 Å². The van der Waals surface area contributed by atoms with Gasteiger partial charge in [-0.2, -0.15) is 5.10 Å². The normalized spacial score (nSPS) is 10.9. The van der Waals surface area contributed by atoms with Gasteiger partial charge in [0.1, 0.15) is 5.82 Å². The van der Waals surface area contributed by atoms with Crippen molar-refractivity contribution in [3.63, 3.8) is 0 Å². The predicted octanol–water partition coefficient (Wildman–Crippen LogP) is 3.02. The Morgan fingerprint density at radius 3 is 2.91 bits per heavy atom. The molecule has 0 N–H and O–H groups in total. The molecule has 0 aliphatic rings. The van der Waals surface area contributed by atoms with Crippen molar-refractivity contribution in [3.8, 4) is 11.3 Å². The number of ether oxygens (including phenoxy) is 1. The lowest BCUT2D eigenvalue weighted by atomic mass is 10.1. The fourth-order valence-electron chi connectivity index (χ4n) is 2.26. The number of imidazole rings is 1. The smallest absolute Gasteiger partial charge is 0.358 e. The third-order valence-corrected chi connectivity index (χ3v) is 3.26. The van der Waals surface area contributed by atoms with Gasteiger partial charge in [-0.05, 0) is 37.6 Å². The summed E-state index contributed by atoms with van der Waals surface area (Å²) in [6, 6.07) is 7.96. The lowest BCUT2D eigenvalue weighted by Crippen LogP contribution is -2.10. The molecule has 0 spiro atoms. The van der Waals surface area contributed by atoms with Crippen LogP contribution < -0.4 is 0 Å². The van der Waals surface area contributed by atoms with Crippen molar-refractivity contribution in [2.75, 3.05) is 6.61 Å². The van der Waals surface area contributed by atoms with Crippen LogP contribution in [0.3, 0.4) is 0 Å². The molecule has 0 bridgehead atoms. The molecule has 2 aromatic heterocycles. The standard InChI is InChI=1S/C16H14FN3O2/c1-3-22-16(21)14-9-18-15-10(2)7-13(19-20(14)15)11-5-4-6-12(17)8-11/h4-9H,3H2,1-2H3. The van der Waals surface area contributed by atoms with Gasteiger partial charge in [0.2, 0.25) is 0 Å². The Kier molecular flexibility index (Phi) is 3.58. The molecule has 2 heterocycles. The molecule has 0 aliphatic heterocycles. The molecule has 1 aromatic carbocycles. The third kappa shape index (κ3) is 2.43. The van der Waals surface area contributed by atoms with Crippen molar-refractivity contribution < 1.29 is 13.9 Å². The third-order valence-electron chi connectivity index (χ3n) is 3.26. The summed E-state index contributed by atoms with van der Waals surface area (Å²) in [4.78, 5) is 16.1. The molecule has 0 radical (unpaired) electrons. The minimum Gasteiger partial charge on any atom is -0.461 e. The zero-order valence-electron chi connectivity index (χ0n) is 12.2. The molecular weight excluding hydrogens is 285 g/mol. The van der Waals surface area contributed by atoms with Gasteiger partial charge in [0.15, 0.2) is 11.3 Å². The van der Waals surface area contributed by atoms with E-state index in [1.165, 1.54) is 22.8 Å². The molecule has 22 heavy (non-hydrogen) atoms. The minimum atomic E-state index is -0.488. The number of rotatable bonds is 3. The summed E-state index contributed by atoms with van der Waals surface area (Å²) in [5.41, 5.74) is 2.85. The molecule has 0 saturated carbocycles. The van der Waals surface area contributed by atoms with Gasteiger partial charge >= 0.3 is 5.97 Å². The summed E-state index contributed by atoms with van der Waals surface area (Å²) < 4.78 is 19.8. The number of nitrogens with zero attached hydrogens (tertiary/aromatic N) is 3. The first kappa shape index (κ1) is 14.2. The van der Waals surface area contributed by atoms with Crippen molar-refractivity contribution in [1.29, 1.82) is 0 Å². The molecular formula is C16H14FN3O2. The summed E-state index contributed by atoms with van der Waals surface area (Å²) in [6.45, 7) is 3.87. The second-order valence-electron chi connectivity index (χ2n) is 4.82. The van der Waals surface area contributed by atoms with E-state index < -0.39 is 5.97 Å². The molecule has 3 rings (SSSR count). The average Bonchev–Trinajstić information content (AvgIpc) is 2.92. The Morgan fingerprint density at radius 1 is 1.36 bits per heavy atom. The Morgan fingerprint density at radius 2 is 2.18 bits per heavy atom. The number of aryl methyl sites for hydroxylation is 1. The van der Waals surface area contributed by atoms with Gasteiger partial charge in [-0.1, -0.05) is 12.1 Å². The Hall–Kier alpha value is -2.76. The Labute approximate surface area is 126 Å². The van der Waals surface area contributed by atoms with Crippen LogP contribution in [0.2, 0.25) is 0 Å². The van der Waals surface area contributed by atoms with E-state index in [-0.39, 0.29) is 18.1 Å². The van der Waals surface area contributed by atoms with Gasteiger partial charge in [-0.25, -0.2) is 18.7 Å². The predicted molar refractivity (Wildman–Crippen MR) is 79.1 cm³/mol. The van der Waals surface area contributed by atoms with Crippen LogP contribution in [0, 0.1) is 12.7 Å². The van der Waals surface area contributed by atoms with E-state index in [4.69, 9.17) is 4.74 Å². The number of aromatic nitrogens is 3. The zero-order valence-corrected chi connectivity index (χ0v) is 12.2. The largest absolute Gasteiger partial charge is 0.461 e. The number of hydrogen-bond acceptors (Lipinski definition) is 4. The number of benzene rings is 1. The summed E-state index contributed by atoms with van der Waals surface area (Å²) >= 11 is 0. The summed E-state index contributed by atoms with van der Waals surface area (Å²) in [7, 11) is 0. The number of carbonyl (C=O) groups is 1. The monoisotopic (exact) mass is 299 g/mol. The van der Waals surface area contributed by atoms with Crippen molar-refractivity contribution in [2.45, 2.75) is 13.8 Å². The highest BCUT2D eigenvalue weighted by Gasteiger charge is 2.16. The first-order valence-electron chi connectivity index (χ1n) is 6.88. The lowest BCUT2D eigenvalue weighted by molar-refractivity contribution is 0.0517. The van der Waals surface area contributed by atoms with Gasteiger partial charge in [-0.15, -0.1) is 0 Å². The first-order valence-corrected chi connectivity index (χ1v) is 6.88. The van der Waals surface area contributed by atoms with E-state index in [9.17, 15) is 9.18 Å². The number of halogens is 1. The second kappa shape index (κ2) is 5.55. The molecule has 6 heteroatoms. The maximum atomic E-state index is 13.4. The van der Waals surface area contributed by atoms with Crippen LogP contribution in [0.4, 0.5) is 4.39 Å². The molecule has 5 nitrogen and oxygen atoms in total. The Balaban J connectivity index is 2.18. The first-order chi connectivity index (χ1) is 10.6. The minimum absolute atomic E-state index is 0.248. The van der Waals surface area contributed by atoms with Crippen LogP contribution in [0.15, 0.2) is 36.5 Å². The molecule has 0 fully saturated rings. The van der Waals surface area contributed by atoms with E-state index in [2.05, 4.69) is 10.1 Å². The number of fused-ring (bicyclic) bond motifs is 1. The zero-order chi connectivity index (χ0) is 15.7. The lowest BCUT2D eigenvalue weighted by Gasteiger charge is -2.06. The SMILES string of the molecule is CCOC(=O)c1cnc2c(C)cc(-c3cccc(F)c3)nn12. The van der Waals surface area contributed by atoms with Crippen molar-refractivity contribution in [3.05, 3.63) is 53.6 Å². The maximum Gasteiger partial charge on any atom is 0.358 e. The topological polar surface area (TPSA) is 56.5 Å². The van der Waals surface area contributed by atoms with Crippen LogP contribution in [-0.2, 0) is 4.74 Å². The van der Waals surface area contributed by atoms with Crippen LogP contribution in [-0.4, -0.2) is 27.2 Å². The Bertz CT molecular complexity index is 858. The molecule has 112 valence electrons. The van der Waals surface area contributed by atoms with E-state index in [0.29, 0.717) is 16.9 Å². The quantitative estimate of drug-likeness (QED) is 0.698. The van der Waals surface area contributed by atoms with Gasteiger partial charge < -0.3 is 4.74 Å². The number of hydrogen-bond donors (Lipinski definition) is 0. The van der Waals surface area contributed by atoms with E-state index in [1.54, 1.807) is 19.1 Å². The van der Waals surface area contributed by atoms with Crippen LogP contribution in [0.1, 0.15) is 23.0 Å². The number of carbonyl (C=O) groups excluding carboxylic acids is 1. The van der Waals surface area contributed by atoms with Gasteiger partial charge in [0.25, 0.3) is 0 Å². The molecule has 0 amide bonds. The van der Waals surface area contributed by atoms with Gasteiger partial charge in [-0.3, -0.25) is 0 Å². The number of esters is 1. The van der Waals surface area contributed by atoms with E-state index in [0.717, 1.165) is 5.56 Å². The highest BCUT2D eigenvalue weighted by molar-refractivity contribution is 5.88. The fourth-order valence-corrected chi connectivity index (χ4v) is 2.26. The fraction of sp³-hybridized carbons (Fsp3) is 0.188. The van der Waals surface area contributed by atoms with Crippen molar-refractivity contribution in [2.24, 2.45) is 0 Å². The highest BCUT2D eigenvalue weighted by Crippen LogP contribution is 2.21. The maximum absolute atomic E-state index is 13.4. The van der Waals surface area contributed by atoms with Crippen molar-refractivity contribution in [1.82, 2.24) is 14.6 Å². The molecule has 0 atom stereocenters. The summed E-state index contributed by atoms with van der Waals surface area (Å²) in [5.74, 6) is -0.827. The average molecular weight is 299 g/mol. The van der Waals surface area contributed by atoms with Gasteiger partial charge in [0, 0.05) is 5.56 Å². The molecule has 0 aliphatic carbocycles. The summed E-state index contributed by atoms with van der Waals surface area (Å²) in [6.07, 6.45) is 1.43. The van der Waals surface area contributed by atoms with Crippen LogP contribution >= 0.6 is 0 Å².